The molecule has 1 heterocycles. The van der Waals surface area contributed by atoms with Crippen LogP contribution in [0.3, 0.4) is 0 Å². The zero-order valence-corrected chi connectivity index (χ0v) is 12.5. The molecule has 102 valence electrons. The molecule has 1 saturated heterocycles. The number of benzene rings is 1. The Morgan fingerprint density at radius 1 is 1.47 bits per heavy atom. The maximum atomic E-state index is 12.0. The standard InChI is InChI=1S/C12H12Cl2N2O2S/c1-6(17)19-8-4-11(18)16(5-8)12-9(14)2-7(13)3-10(12)15/h2-3,8H,4-5,15H2,1H3. The summed E-state index contributed by atoms with van der Waals surface area (Å²) in [4.78, 5) is 24.6. The van der Waals surface area contributed by atoms with Gasteiger partial charge in [-0.3, -0.25) is 9.59 Å². The van der Waals surface area contributed by atoms with Crippen molar-refractivity contribution in [2.75, 3.05) is 17.2 Å². The van der Waals surface area contributed by atoms with Crippen LogP contribution in [0.4, 0.5) is 11.4 Å². The molecule has 1 aromatic rings. The lowest BCUT2D eigenvalue weighted by atomic mass is 10.2. The number of carbonyl (C=O) groups is 2. The molecule has 1 aliphatic heterocycles. The van der Waals surface area contributed by atoms with E-state index in [0.717, 1.165) is 0 Å². The fraction of sp³-hybridized carbons (Fsp3) is 0.333. The number of nitrogens with zero attached hydrogens (tertiary/aromatic N) is 1. The molecule has 0 radical (unpaired) electrons. The van der Waals surface area contributed by atoms with E-state index in [1.807, 2.05) is 0 Å². The van der Waals surface area contributed by atoms with E-state index in [1.165, 1.54) is 23.6 Å². The van der Waals surface area contributed by atoms with Crippen molar-refractivity contribution in [1.29, 1.82) is 0 Å². The average Bonchev–Trinajstić information content (AvgIpc) is 2.57. The summed E-state index contributed by atoms with van der Waals surface area (Å²) in [6.07, 6.45) is 0.308. The van der Waals surface area contributed by atoms with Crippen molar-refractivity contribution in [1.82, 2.24) is 0 Å². The van der Waals surface area contributed by atoms with E-state index < -0.39 is 0 Å². The van der Waals surface area contributed by atoms with Crippen molar-refractivity contribution in [3.63, 3.8) is 0 Å². The van der Waals surface area contributed by atoms with Gasteiger partial charge in [0.1, 0.15) is 0 Å². The SMILES string of the molecule is CC(=O)SC1CC(=O)N(c2c(N)cc(Cl)cc2Cl)C1. The highest BCUT2D eigenvalue weighted by Crippen LogP contribution is 2.38. The molecule has 4 nitrogen and oxygen atoms in total. The lowest BCUT2D eigenvalue weighted by Gasteiger charge is -2.20. The molecule has 1 aromatic carbocycles. The van der Waals surface area contributed by atoms with Crippen molar-refractivity contribution in [3.8, 4) is 0 Å². The Bertz CT molecular complexity index is 528. The zero-order valence-electron chi connectivity index (χ0n) is 10.2. The van der Waals surface area contributed by atoms with Gasteiger partial charge in [-0.2, -0.15) is 0 Å². The first-order valence-electron chi connectivity index (χ1n) is 5.60. The molecule has 1 aliphatic rings. The van der Waals surface area contributed by atoms with E-state index in [-0.39, 0.29) is 16.3 Å². The number of hydrogen-bond donors (Lipinski definition) is 1. The number of halogens is 2. The summed E-state index contributed by atoms with van der Waals surface area (Å²) in [6, 6.07) is 3.11. The minimum Gasteiger partial charge on any atom is -0.397 e. The van der Waals surface area contributed by atoms with E-state index in [9.17, 15) is 9.59 Å². The molecule has 2 N–H and O–H groups in total. The molecule has 0 aromatic heterocycles. The molecule has 1 amide bonds. The summed E-state index contributed by atoms with van der Waals surface area (Å²) in [6.45, 7) is 1.91. The molecule has 0 spiro atoms. The number of nitrogens with two attached hydrogens (primary N) is 1. The van der Waals surface area contributed by atoms with Crippen LogP contribution in [0.25, 0.3) is 0 Å². The fourth-order valence-corrected chi connectivity index (χ4v) is 3.61. The van der Waals surface area contributed by atoms with Crippen LogP contribution >= 0.6 is 35.0 Å². The highest BCUT2D eigenvalue weighted by molar-refractivity contribution is 8.14. The lowest BCUT2D eigenvalue weighted by Crippen LogP contribution is -2.26. The van der Waals surface area contributed by atoms with Crippen LogP contribution in [-0.2, 0) is 9.59 Å². The van der Waals surface area contributed by atoms with Crippen LogP contribution in [0.2, 0.25) is 10.0 Å². The van der Waals surface area contributed by atoms with Crippen molar-refractivity contribution in [3.05, 3.63) is 22.2 Å². The molecule has 1 unspecified atom stereocenters. The number of nitrogen functional groups attached to an aromatic ring is 1. The molecule has 0 bridgehead atoms. The maximum absolute atomic E-state index is 12.0. The smallest absolute Gasteiger partial charge is 0.228 e. The van der Waals surface area contributed by atoms with Gasteiger partial charge in [-0.25, -0.2) is 0 Å². The maximum Gasteiger partial charge on any atom is 0.228 e. The highest BCUT2D eigenvalue weighted by atomic mass is 35.5. The second-order valence-electron chi connectivity index (χ2n) is 4.27. The number of amides is 1. The quantitative estimate of drug-likeness (QED) is 0.851. The lowest BCUT2D eigenvalue weighted by molar-refractivity contribution is -0.117. The van der Waals surface area contributed by atoms with Crippen molar-refractivity contribution < 1.29 is 9.59 Å². The number of thioether (sulfide) groups is 1. The van der Waals surface area contributed by atoms with Gasteiger partial charge in [0.15, 0.2) is 5.12 Å². The summed E-state index contributed by atoms with van der Waals surface area (Å²) in [5.41, 5.74) is 6.71. The summed E-state index contributed by atoms with van der Waals surface area (Å²) < 4.78 is 0. The van der Waals surface area contributed by atoms with Crippen LogP contribution in [0.15, 0.2) is 12.1 Å². The van der Waals surface area contributed by atoms with Gasteiger partial charge in [0.25, 0.3) is 0 Å². The Hall–Kier alpha value is -0.910. The third-order valence-corrected chi connectivity index (χ3v) is 4.24. The largest absolute Gasteiger partial charge is 0.397 e. The minimum absolute atomic E-state index is 0.00479. The zero-order chi connectivity index (χ0) is 14.2. The highest BCUT2D eigenvalue weighted by Gasteiger charge is 2.34. The van der Waals surface area contributed by atoms with Gasteiger partial charge in [-0.15, -0.1) is 0 Å². The molecule has 19 heavy (non-hydrogen) atoms. The summed E-state index contributed by atoms with van der Waals surface area (Å²) in [7, 11) is 0. The molecule has 7 heteroatoms. The molecule has 1 atom stereocenters. The van der Waals surface area contributed by atoms with Crippen molar-refractivity contribution in [2.24, 2.45) is 0 Å². The molecule has 1 fully saturated rings. The van der Waals surface area contributed by atoms with Gasteiger partial charge in [-0.05, 0) is 12.1 Å². The third kappa shape index (κ3) is 3.16. The first-order valence-corrected chi connectivity index (χ1v) is 7.24. The van der Waals surface area contributed by atoms with Crippen LogP contribution < -0.4 is 10.6 Å². The van der Waals surface area contributed by atoms with Crippen LogP contribution in [-0.4, -0.2) is 22.8 Å². The normalized spacial score (nSPS) is 19.0. The minimum atomic E-state index is -0.0883. The molecule has 0 saturated carbocycles. The van der Waals surface area contributed by atoms with Crippen molar-refractivity contribution in [2.45, 2.75) is 18.6 Å². The molecular weight excluding hydrogens is 307 g/mol. The van der Waals surface area contributed by atoms with Crippen LogP contribution in [0, 0.1) is 0 Å². The Balaban J connectivity index is 2.28. The molecular formula is C12H12Cl2N2O2S. The van der Waals surface area contributed by atoms with E-state index in [4.69, 9.17) is 28.9 Å². The first-order chi connectivity index (χ1) is 8.88. The van der Waals surface area contributed by atoms with E-state index in [0.29, 0.717) is 34.4 Å². The van der Waals surface area contributed by atoms with Crippen LogP contribution in [0.1, 0.15) is 13.3 Å². The first kappa shape index (κ1) is 14.5. The Kier molecular flexibility index (Phi) is 4.28. The molecule has 0 aliphatic carbocycles. The van der Waals surface area contributed by atoms with E-state index in [2.05, 4.69) is 0 Å². The number of rotatable bonds is 2. The van der Waals surface area contributed by atoms with Gasteiger partial charge in [0.05, 0.1) is 16.4 Å². The van der Waals surface area contributed by atoms with Gasteiger partial charge >= 0.3 is 0 Å². The average molecular weight is 319 g/mol. The number of carbonyl (C=O) groups excluding carboxylic acids is 2. The van der Waals surface area contributed by atoms with Crippen LogP contribution in [0.5, 0.6) is 0 Å². The van der Waals surface area contributed by atoms with Gasteiger partial charge in [0, 0.05) is 30.2 Å². The second kappa shape index (κ2) is 5.61. The van der Waals surface area contributed by atoms with Gasteiger partial charge in [-0.1, -0.05) is 35.0 Å². The summed E-state index contributed by atoms with van der Waals surface area (Å²) in [5, 5.41) is 0.699. The van der Waals surface area contributed by atoms with Gasteiger partial charge in [0.2, 0.25) is 5.91 Å². The Morgan fingerprint density at radius 3 is 2.74 bits per heavy atom. The third-order valence-electron chi connectivity index (χ3n) is 2.75. The number of hydrogen-bond acceptors (Lipinski definition) is 4. The Labute approximate surface area is 125 Å². The van der Waals surface area contributed by atoms with Gasteiger partial charge < -0.3 is 10.6 Å². The summed E-state index contributed by atoms with van der Waals surface area (Å²) >= 11 is 13.1. The fourth-order valence-electron chi connectivity index (χ4n) is 2.08. The second-order valence-corrected chi connectivity index (χ2v) is 6.59. The topological polar surface area (TPSA) is 63.4 Å². The van der Waals surface area contributed by atoms with E-state index in [1.54, 1.807) is 12.1 Å². The Morgan fingerprint density at radius 2 is 2.16 bits per heavy atom. The predicted molar refractivity (Wildman–Crippen MR) is 79.9 cm³/mol. The predicted octanol–water partition coefficient (Wildman–Crippen LogP) is 2.96. The summed E-state index contributed by atoms with van der Waals surface area (Å²) in [5.74, 6) is -0.0883. The van der Waals surface area contributed by atoms with Crippen molar-refractivity contribution >= 4 is 57.4 Å². The monoisotopic (exact) mass is 318 g/mol. The van der Waals surface area contributed by atoms with E-state index >= 15 is 0 Å². The molecule has 2 rings (SSSR count). The number of anilines is 2.